The van der Waals surface area contributed by atoms with E-state index in [9.17, 15) is 20.1 Å². The van der Waals surface area contributed by atoms with E-state index in [4.69, 9.17) is 0 Å². The van der Waals surface area contributed by atoms with Crippen molar-refractivity contribution in [3.8, 4) is 17.2 Å². The van der Waals surface area contributed by atoms with Crippen LogP contribution < -0.4 is 15.4 Å². The Kier molecular flexibility index (Phi) is 7.73. The fourth-order valence-electron chi connectivity index (χ4n) is 3.72. The van der Waals surface area contributed by atoms with Crippen molar-refractivity contribution in [1.82, 2.24) is 5.32 Å². The normalized spacial score (nSPS) is 11.5. The second-order valence-corrected chi connectivity index (χ2v) is 11.5. The molecule has 0 fully saturated rings. The maximum absolute atomic E-state index is 13.1. The summed E-state index contributed by atoms with van der Waals surface area (Å²) in [5, 5.41) is 25.7. The number of carbonyl (C=O) groups excluding carboxylic acids is 2. The zero-order valence-electron chi connectivity index (χ0n) is 22.6. The Hall–Kier alpha value is -4.18. The number of nitrogens with one attached hydrogen (secondary N) is 2. The zero-order valence-corrected chi connectivity index (χ0v) is 22.6. The number of aromatic nitrogens is 1. The molecule has 7 nitrogen and oxygen atoms in total. The summed E-state index contributed by atoms with van der Waals surface area (Å²) in [6.07, 6.45) is 1.42. The lowest BCUT2D eigenvalue weighted by Crippen LogP contribution is -2.34. The summed E-state index contributed by atoms with van der Waals surface area (Å²) in [5.41, 5.74) is 4.38. The molecule has 7 heteroatoms. The van der Waals surface area contributed by atoms with Gasteiger partial charge in [0.15, 0.2) is 0 Å². The first-order valence-electron chi connectivity index (χ1n) is 12.2. The first kappa shape index (κ1) is 27.4. The highest BCUT2D eigenvalue weighted by Crippen LogP contribution is 2.27. The number of nitrogens with zero attached hydrogens (tertiary/aromatic N) is 2. The topological polar surface area (TPSA) is 106 Å². The van der Waals surface area contributed by atoms with E-state index < -0.39 is 0 Å². The predicted molar refractivity (Wildman–Crippen MR) is 144 cm³/mol. The number of hydrogen-bond donors (Lipinski definition) is 3. The van der Waals surface area contributed by atoms with Crippen molar-refractivity contribution < 1.29 is 19.5 Å². The maximum atomic E-state index is 13.1. The van der Waals surface area contributed by atoms with E-state index in [0.29, 0.717) is 40.2 Å². The summed E-state index contributed by atoms with van der Waals surface area (Å²) < 4.78 is 0.960. The van der Waals surface area contributed by atoms with Gasteiger partial charge < -0.3 is 10.6 Å². The van der Waals surface area contributed by atoms with Gasteiger partial charge in [0.2, 0.25) is 11.9 Å². The van der Waals surface area contributed by atoms with Crippen LogP contribution in [0.2, 0.25) is 0 Å². The number of carbonyl (C=O) groups is 2. The SMILES string of the molecule is Cc1c(-c2ccc(C(=O)NCC(C)(C)C)cc2)cc(NC(=O)c2cc(C#N)cc(C(C)(C)C)c2)c[n+]1O. The van der Waals surface area contributed by atoms with Gasteiger partial charge in [-0.2, -0.15) is 5.26 Å². The van der Waals surface area contributed by atoms with Crippen LogP contribution in [0.5, 0.6) is 0 Å². The third-order valence-electron chi connectivity index (χ3n) is 5.98. The summed E-state index contributed by atoms with van der Waals surface area (Å²) in [4.78, 5) is 25.6. The largest absolute Gasteiger partial charge is 0.352 e. The number of nitriles is 1. The fraction of sp³-hybridized carbons (Fsp3) is 0.333. The van der Waals surface area contributed by atoms with Gasteiger partial charge in [-0.15, -0.1) is 0 Å². The minimum absolute atomic E-state index is 0.0173. The van der Waals surface area contributed by atoms with Crippen molar-refractivity contribution in [2.24, 2.45) is 5.41 Å². The molecule has 0 saturated carbocycles. The number of anilines is 1. The zero-order chi connectivity index (χ0) is 27.5. The molecule has 0 aliphatic carbocycles. The van der Waals surface area contributed by atoms with Gasteiger partial charge in [0.05, 0.1) is 17.2 Å². The van der Waals surface area contributed by atoms with E-state index in [0.717, 1.165) is 15.9 Å². The van der Waals surface area contributed by atoms with Gasteiger partial charge in [0, 0.05) is 29.3 Å². The van der Waals surface area contributed by atoms with Gasteiger partial charge in [-0.05, 0) is 58.4 Å². The molecule has 0 radical (unpaired) electrons. The second-order valence-electron chi connectivity index (χ2n) is 11.5. The highest BCUT2D eigenvalue weighted by Gasteiger charge is 2.21. The Balaban J connectivity index is 1.88. The summed E-state index contributed by atoms with van der Waals surface area (Å²) in [7, 11) is 0. The number of rotatable bonds is 5. The standard InChI is InChI=1S/C30H34N4O3/c1-19-26(21-8-10-22(11-9-21)27(35)32-18-29(2,3)4)15-25(17-34(19)37)33-28(36)23-12-20(16-31)13-24(14-23)30(5,6)7/h8-15,17H,18H2,1-7H3,(H2-,32,33,35,36,37)/p+1. The van der Waals surface area contributed by atoms with E-state index in [1.165, 1.54) is 6.20 Å². The molecular formula is C30H35N4O3+. The summed E-state index contributed by atoms with van der Waals surface area (Å²) >= 11 is 0. The van der Waals surface area contributed by atoms with Crippen LogP contribution in [0, 0.1) is 23.7 Å². The molecule has 2 aromatic carbocycles. The Morgan fingerprint density at radius 3 is 2.16 bits per heavy atom. The molecule has 0 aliphatic heterocycles. The Labute approximate surface area is 218 Å². The molecule has 0 saturated heterocycles. The lowest BCUT2D eigenvalue weighted by atomic mass is 9.85. The average molecular weight is 500 g/mol. The molecule has 0 spiro atoms. The molecule has 3 rings (SSSR count). The van der Waals surface area contributed by atoms with Crippen molar-refractivity contribution in [3.05, 3.63) is 82.7 Å². The van der Waals surface area contributed by atoms with Gasteiger partial charge in [-0.3, -0.25) is 14.8 Å². The Morgan fingerprint density at radius 1 is 0.946 bits per heavy atom. The molecule has 0 aliphatic rings. The van der Waals surface area contributed by atoms with Crippen LogP contribution in [0.3, 0.4) is 0 Å². The fourth-order valence-corrected chi connectivity index (χ4v) is 3.72. The van der Waals surface area contributed by atoms with Gasteiger partial charge in [-0.1, -0.05) is 53.7 Å². The van der Waals surface area contributed by atoms with Crippen LogP contribution in [-0.2, 0) is 5.41 Å². The lowest BCUT2D eigenvalue weighted by molar-refractivity contribution is -0.908. The van der Waals surface area contributed by atoms with Crippen LogP contribution in [0.4, 0.5) is 5.69 Å². The molecule has 3 N–H and O–H groups in total. The number of amides is 2. The second kappa shape index (κ2) is 10.4. The van der Waals surface area contributed by atoms with Crippen molar-refractivity contribution in [3.63, 3.8) is 0 Å². The molecule has 1 aromatic heterocycles. The third-order valence-corrected chi connectivity index (χ3v) is 5.98. The molecule has 2 amide bonds. The van der Waals surface area contributed by atoms with Crippen LogP contribution in [0.25, 0.3) is 11.1 Å². The van der Waals surface area contributed by atoms with Crippen molar-refractivity contribution in [2.45, 2.75) is 53.9 Å². The average Bonchev–Trinajstić information content (AvgIpc) is 2.83. The number of hydrogen-bond acceptors (Lipinski definition) is 4. The number of pyridine rings is 1. The van der Waals surface area contributed by atoms with Gasteiger partial charge >= 0.3 is 0 Å². The van der Waals surface area contributed by atoms with Crippen molar-refractivity contribution in [2.75, 3.05) is 11.9 Å². The minimum Gasteiger partial charge on any atom is -0.352 e. The van der Waals surface area contributed by atoms with Gasteiger partial charge in [0.1, 0.15) is 5.69 Å². The lowest BCUT2D eigenvalue weighted by Gasteiger charge is -2.20. The highest BCUT2D eigenvalue weighted by atomic mass is 16.5. The van der Waals surface area contributed by atoms with Gasteiger partial charge in [-0.25, -0.2) is 0 Å². The minimum atomic E-state index is -0.386. The van der Waals surface area contributed by atoms with Gasteiger partial charge in [0.25, 0.3) is 11.8 Å². The Bertz CT molecular complexity index is 1370. The summed E-state index contributed by atoms with van der Waals surface area (Å²) in [6.45, 7) is 14.5. The predicted octanol–water partition coefficient (Wildman–Crippen LogP) is 5.38. The van der Waals surface area contributed by atoms with Crippen LogP contribution in [0.1, 0.15) is 79.1 Å². The molecular weight excluding hydrogens is 464 g/mol. The molecule has 3 aromatic rings. The molecule has 0 atom stereocenters. The quantitative estimate of drug-likeness (QED) is 0.323. The van der Waals surface area contributed by atoms with E-state index in [1.54, 1.807) is 43.3 Å². The van der Waals surface area contributed by atoms with Crippen molar-refractivity contribution in [1.29, 1.82) is 5.26 Å². The molecule has 1 heterocycles. The van der Waals surface area contributed by atoms with E-state index in [1.807, 2.05) is 32.9 Å². The first-order valence-corrected chi connectivity index (χ1v) is 12.2. The van der Waals surface area contributed by atoms with E-state index in [2.05, 4.69) is 37.5 Å². The number of benzene rings is 2. The first-order chi connectivity index (χ1) is 17.2. The van der Waals surface area contributed by atoms with E-state index in [-0.39, 0.29) is 22.6 Å². The Morgan fingerprint density at radius 2 is 1.59 bits per heavy atom. The van der Waals surface area contributed by atoms with Crippen LogP contribution >= 0.6 is 0 Å². The summed E-state index contributed by atoms with van der Waals surface area (Å²) in [6, 6.07) is 16.1. The van der Waals surface area contributed by atoms with Crippen LogP contribution in [-0.4, -0.2) is 23.6 Å². The molecule has 192 valence electrons. The highest BCUT2D eigenvalue weighted by molar-refractivity contribution is 6.04. The molecule has 0 unspecified atom stereocenters. The molecule has 37 heavy (non-hydrogen) atoms. The smallest absolute Gasteiger partial charge is 0.255 e. The monoisotopic (exact) mass is 499 g/mol. The van der Waals surface area contributed by atoms with Crippen LogP contribution in [0.15, 0.2) is 54.7 Å². The van der Waals surface area contributed by atoms with Crippen molar-refractivity contribution >= 4 is 17.5 Å². The third kappa shape index (κ3) is 6.95. The molecule has 0 bridgehead atoms. The maximum Gasteiger partial charge on any atom is 0.255 e. The van der Waals surface area contributed by atoms with E-state index >= 15 is 0 Å². The summed E-state index contributed by atoms with van der Waals surface area (Å²) in [5.74, 6) is -0.533.